The Hall–Kier alpha value is -0.940. The van der Waals surface area contributed by atoms with Gasteiger partial charge in [-0.3, -0.25) is 0 Å². The van der Waals surface area contributed by atoms with Crippen LogP contribution in [0, 0.1) is 11.6 Å². The maximum atomic E-state index is 13.5. The van der Waals surface area contributed by atoms with E-state index in [9.17, 15) is 8.78 Å². The van der Waals surface area contributed by atoms with Crippen LogP contribution < -0.4 is 5.32 Å². The first kappa shape index (κ1) is 12.1. The molecule has 5 heteroatoms. The third kappa shape index (κ3) is 2.17. The van der Waals surface area contributed by atoms with Gasteiger partial charge in [-0.1, -0.05) is 0 Å². The summed E-state index contributed by atoms with van der Waals surface area (Å²) in [6, 6.07) is 1.78. The number of benzene rings is 1. The third-order valence-electron chi connectivity index (χ3n) is 3.17. The van der Waals surface area contributed by atoms with Crippen molar-refractivity contribution in [3.05, 3.63) is 34.0 Å². The number of hydrogen-bond acceptors (Lipinski definition) is 2. The van der Waals surface area contributed by atoms with E-state index < -0.39 is 11.6 Å². The van der Waals surface area contributed by atoms with E-state index in [1.54, 1.807) is 0 Å². The standard InChI is InChI=1S/C13H12BrF2NO/c14-9-5-10(15)12(16)13-11(9)7(6-18-13)3-4-17-8-1-2-8/h5-6,8,17H,1-4H2. The fraction of sp³-hybridized carbons (Fsp3) is 0.385. The van der Waals surface area contributed by atoms with Gasteiger partial charge < -0.3 is 9.73 Å². The average Bonchev–Trinajstić information content (AvgIpc) is 3.05. The van der Waals surface area contributed by atoms with Crippen molar-refractivity contribution < 1.29 is 13.2 Å². The van der Waals surface area contributed by atoms with Gasteiger partial charge in [0.25, 0.3) is 0 Å². The molecule has 2 nitrogen and oxygen atoms in total. The molecule has 0 bridgehead atoms. The van der Waals surface area contributed by atoms with Crippen LogP contribution >= 0.6 is 15.9 Å². The van der Waals surface area contributed by atoms with Gasteiger partial charge in [0.1, 0.15) is 0 Å². The van der Waals surface area contributed by atoms with Crippen LogP contribution in [-0.4, -0.2) is 12.6 Å². The predicted molar refractivity (Wildman–Crippen MR) is 68.6 cm³/mol. The van der Waals surface area contributed by atoms with Crippen LogP contribution in [0.2, 0.25) is 0 Å². The minimum atomic E-state index is -0.922. The Morgan fingerprint density at radius 2 is 2.17 bits per heavy atom. The van der Waals surface area contributed by atoms with E-state index in [2.05, 4.69) is 21.2 Å². The van der Waals surface area contributed by atoms with Crippen LogP contribution in [0.4, 0.5) is 8.78 Å². The molecule has 1 saturated carbocycles. The Morgan fingerprint density at radius 1 is 1.39 bits per heavy atom. The van der Waals surface area contributed by atoms with Crippen molar-refractivity contribution in [3.63, 3.8) is 0 Å². The first-order valence-corrected chi connectivity index (χ1v) is 6.73. The smallest absolute Gasteiger partial charge is 0.201 e. The van der Waals surface area contributed by atoms with Gasteiger partial charge in [-0.2, -0.15) is 4.39 Å². The number of halogens is 3. The Kier molecular flexibility index (Phi) is 3.11. The monoisotopic (exact) mass is 315 g/mol. The van der Waals surface area contributed by atoms with Gasteiger partial charge in [-0.25, -0.2) is 4.39 Å². The van der Waals surface area contributed by atoms with Gasteiger partial charge in [-0.05, 0) is 47.8 Å². The van der Waals surface area contributed by atoms with Crippen LogP contribution in [0.1, 0.15) is 18.4 Å². The Bertz CT molecular complexity index is 592. The average molecular weight is 316 g/mol. The minimum Gasteiger partial charge on any atom is -0.461 e. The molecule has 1 aromatic heterocycles. The summed E-state index contributed by atoms with van der Waals surface area (Å²) < 4.78 is 32.4. The summed E-state index contributed by atoms with van der Waals surface area (Å²) in [5.41, 5.74) is 0.882. The molecule has 1 fully saturated rings. The molecular weight excluding hydrogens is 304 g/mol. The Labute approximate surface area is 111 Å². The number of furan rings is 1. The molecule has 3 rings (SSSR count). The maximum Gasteiger partial charge on any atom is 0.201 e. The van der Waals surface area contributed by atoms with Crippen molar-refractivity contribution in [1.29, 1.82) is 0 Å². The lowest BCUT2D eigenvalue weighted by Crippen LogP contribution is -2.19. The summed E-state index contributed by atoms with van der Waals surface area (Å²) in [7, 11) is 0. The highest BCUT2D eigenvalue weighted by Gasteiger charge is 2.21. The summed E-state index contributed by atoms with van der Waals surface area (Å²) >= 11 is 3.26. The molecule has 18 heavy (non-hydrogen) atoms. The molecule has 96 valence electrons. The summed E-state index contributed by atoms with van der Waals surface area (Å²) in [4.78, 5) is 0. The highest BCUT2D eigenvalue weighted by atomic mass is 79.9. The Balaban J connectivity index is 1.89. The van der Waals surface area contributed by atoms with E-state index in [1.165, 1.54) is 19.1 Å². The number of fused-ring (bicyclic) bond motifs is 1. The molecule has 0 spiro atoms. The molecule has 1 aliphatic rings. The van der Waals surface area contributed by atoms with E-state index in [-0.39, 0.29) is 5.58 Å². The van der Waals surface area contributed by atoms with Gasteiger partial charge in [0, 0.05) is 21.5 Å². The lowest BCUT2D eigenvalue weighted by Gasteiger charge is -2.02. The summed E-state index contributed by atoms with van der Waals surface area (Å²) in [6.07, 6.45) is 4.71. The van der Waals surface area contributed by atoms with Crippen molar-refractivity contribution in [3.8, 4) is 0 Å². The second-order valence-corrected chi connectivity index (χ2v) is 5.45. The van der Waals surface area contributed by atoms with Crippen molar-refractivity contribution in [1.82, 2.24) is 5.32 Å². The quantitative estimate of drug-likeness (QED) is 0.869. The largest absolute Gasteiger partial charge is 0.461 e. The van der Waals surface area contributed by atoms with Gasteiger partial charge in [-0.15, -0.1) is 0 Å². The van der Waals surface area contributed by atoms with Crippen LogP contribution in [0.25, 0.3) is 11.0 Å². The highest BCUT2D eigenvalue weighted by Crippen LogP contribution is 2.32. The molecule has 0 unspecified atom stereocenters. The molecule has 0 aliphatic heterocycles. The zero-order valence-corrected chi connectivity index (χ0v) is 11.2. The second-order valence-electron chi connectivity index (χ2n) is 4.60. The fourth-order valence-electron chi connectivity index (χ4n) is 2.05. The van der Waals surface area contributed by atoms with Crippen LogP contribution in [0.15, 0.2) is 21.2 Å². The van der Waals surface area contributed by atoms with Crippen molar-refractivity contribution in [2.24, 2.45) is 0 Å². The number of nitrogens with one attached hydrogen (secondary N) is 1. The normalized spacial score (nSPS) is 15.5. The number of rotatable bonds is 4. The summed E-state index contributed by atoms with van der Waals surface area (Å²) in [5, 5.41) is 4.01. The minimum absolute atomic E-state index is 0.0108. The second kappa shape index (κ2) is 4.63. The lowest BCUT2D eigenvalue weighted by molar-refractivity contribution is 0.491. The van der Waals surface area contributed by atoms with Gasteiger partial charge in [0.15, 0.2) is 11.4 Å². The van der Waals surface area contributed by atoms with E-state index in [1.807, 2.05) is 0 Å². The summed E-state index contributed by atoms with van der Waals surface area (Å²) in [5.74, 6) is -1.82. The molecule has 0 atom stereocenters. The van der Waals surface area contributed by atoms with Gasteiger partial charge in [0.2, 0.25) is 5.82 Å². The van der Waals surface area contributed by atoms with Crippen molar-refractivity contribution in [2.45, 2.75) is 25.3 Å². The van der Waals surface area contributed by atoms with Crippen LogP contribution in [-0.2, 0) is 6.42 Å². The predicted octanol–water partition coefficient (Wildman–Crippen LogP) is 3.77. The molecule has 0 radical (unpaired) electrons. The zero-order valence-electron chi connectivity index (χ0n) is 9.60. The van der Waals surface area contributed by atoms with Crippen molar-refractivity contribution >= 4 is 26.9 Å². The van der Waals surface area contributed by atoms with Gasteiger partial charge >= 0.3 is 0 Å². The molecule has 2 aromatic rings. The van der Waals surface area contributed by atoms with E-state index in [4.69, 9.17) is 4.42 Å². The molecule has 0 amide bonds. The first-order chi connectivity index (χ1) is 8.66. The van der Waals surface area contributed by atoms with E-state index >= 15 is 0 Å². The molecule has 1 aliphatic carbocycles. The first-order valence-electron chi connectivity index (χ1n) is 5.94. The third-order valence-corrected chi connectivity index (χ3v) is 3.80. The topological polar surface area (TPSA) is 25.2 Å². The van der Waals surface area contributed by atoms with Gasteiger partial charge in [0.05, 0.1) is 6.26 Å². The van der Waals surface area contributed by atoms with E-state index in [0.717, 1.165) is 24.6 Å². The molecule has 0 saturated heterocycles. The molecule has 1 N–H and O–H groups in total. The highest BCUT2D eigenvalue weighted by molar-refractivity contribution is 9.10. The SMILES string of the molecule is Fc1cc(Br)c2c(CCNC3CC3)coc2c1F. The van der Waals surface area contributed by atoms with Crippen molar-refractivity contribution in [2.75, 3.05) is 6.54 Å². The fourth-order valence-corrected chi connectivity index (χ4v) is 2.69. The van der Waals surface area contributed by atoms with E-state index in [0.29, 0.717) is 15.9 Å². The molecule has 1 heterocycles. The molecular formula is C13H12BrF2NO. The maximum absolute atomic E-state index is 13.5. The van der Waals surface area contributed by atoms with Crippen LogP contribution in [0.3, 0.4) is 0 Å². The molecule has 1 aromatic carbocycles. The zero-order chi connectivity index (χ0) is 12.7. The Morgan fingerprint density at radius 3 is 2.89 bits per heavy atom. The summed E-state index contributed by atoms with van der Waals surface area (Å²) in [6.45, 7) is 0.824. The lowest BCUT2D eigenvalue weighted by atomic mass is 10.1. The number of hydrogen-bond donors (Lipinski definition) is 1. The van der Waals surface area contributed by atoms with Crippen LogP contribution in [0.5, 0.6) is 0 Å².